The van der Waals surface area contributed by atoms with Crippen LogP contribution in [0, 0.1) is 5.41 Å². The summed E-state index contributed by atoms with van der Waals surface area (Å²) in [6.45, 7) is 7.84. The summed E-state index contributed by atoms with van der Waals surface area (Å²) < 4.78 is 0. The number of hydrogen-bond donors (Lipinski definition) is 0. The molecule has 0 unspecified atom stereocenters. The fraction of sp³-hybridized carbons (Fsp3) is 0.583. The number of hydrogen-bond acceptors (Lipinski definition) is 1. The molecule has 2 aliphatic rings. The Kier molecular flexibility index (Phi) is 2.30. The molecule has 2 heteroatoms. The van der Waals surface area contributed by atoms with Gasteiger partial charge in [-0.25, -0.2) is 4.99 Å². The number of rotatable bonds is 2. The molecule has 0 atom stereocenters. The van der Waals surface area contributed by atoms with E-state index in [-0.39, 0.29) is 0 Å². The molecule has 1 saturated carbocycles. The Morgan fingerprint density at radius 1 is 1.43 bits per heavy atom. The predicted molar refractivity (Wildman–Crippen MR) is 61.7 cm³/mol. The molecular weight excluding hydrogens is 194 g/mol. The largest absolute Gasteiger partial charge is 0.242 e. The first-order chi connectivity index (χ1) is 6.55. The first-order valence-corrected chi connectivity index (χ1v) is 5.53. The van der Waals surface area contributed by atoms with E-state index in [4.69, 9.17) is 11.6 Å². The van der Waals surface area contributed by atoms with Crippen LogP contribution in [0.5, 0.6) is 0 Å². The fourth-order valence-corrected chi connectivity index (χ4v) is 2.71. The highest BCUT2D eigenvalue weighted by atomic mass is 35.5. The summed E-state index contributed by atoms with van der Waals surface area (Å²) in [6, 6.07) is 0. The van der Waals surface area contributed by atoms with Crippen LogP contribution in [0.1, 0.15) is 39.5 Å². The van der Waals surface area contributed by atoms with Crippen LogP contribution in [-0.4, -0.2) is 5.17 Å². The van der Waals surface area contributed by atoms with Crippen LogP contribution >= 0.6 is 11.6 Å². The zero-order valence-electron chi connectivity index (χ0n) is 8.86. The fourth-order valence-electron chi connectivity index (χ4n) is 2.33. The molecule has 0 aromatic carbocycles. The maximum Gasteiger partial charge on any atom is 0.132 e. The SMILES string of the molecule is C=C(C)N=C(Cl)C1=C(C)C2(CC1)CC2. The third kappa shape index (κ3) is 1.54. The van der Waals surface area contributed by atoms with E-state index >= 15 is 0 Å². The predicted octanol–water partition coefficient (Wildman–Crippen LogP) is 4.05. The van der Waals surface area contributed by atoms with Gasteiger partial charge >= 0.3 is 0 Å². The minimum absolute atomic E-state index is 0.528. The summed E-state index contributed by atoms with van der Waals surface area (Å²) in [7, 11) is 0. The van der Waals surface area contributed by atoms with Gasteiger partial charge in [-0.2, -0.15) is 0 Å². The topological polar surface area (TPSA) is 12.4 Å². The van der Waals surface area contributed by atoms with Crippen LogP contribution in [0.25, 0.3) is 0 Å². The molecule has 0 N–H and O–H groups in total. The van der Waals surface area contributed by atoms with E-state index in [1.54, 1.807) is 0 Å². The minimum atomic E-state index is 0.528. The van der Waals surface area contributed by atoms with Crippen LogP contribution in [0.2, 0.25) is 0 Å². The first kappa shape index (κ1) is 9.97. The van der Waals surface area contributed by atoms with Gasteiger partial charge in [0.2, 0.25) is 0 Å². The second-order valence-electron chi connectivity index (χ2n) is 4.52. The summed E-state index contributed by atoms with van der Waals surface area (Å²) in [6.07, 6.45) is 5.07. The Morgan fingerprint density at radius 3 is 2.50 bits per heavy atom. The smallest absolute Gasteiger partial charge is 0.132 e. The molecule has 1 spiro atoms. The molecule has 1 fully saturated rings. The summed E-state index contributed by atoms with van der Waals surface area (Å²) in [5, 5.41) is 0.666. The molecular formula is C12H16ClN. The molecule has 0 amide bonds. The van der Waals surface area contributed by atoms with Gasteiger partial charge in [-0.15, -0.1) is 0 Å². The quantitative estimate of drug-likeness (QED) is 0.609. The Bertz CT molecular complexity index is 345. The van der Waals surface area contributed by atoms with Crippen molar-refractivity contribution in [1.29, 1.82) is 0 Å². The van der Waals surface area contributed by atoms with E-state index in [1.165, 1.54) is 30.4 Å². The normalized spacial score (nSPS) is 24.6. The lowest BCUT2D eigenvalue weighted by atomic mass is 9.99. The van der Waals surface area contributed by atoms with Crippen molar-refractivity contribution in [2.24, 2.45) is 10.4 Å². The van der Waals surface area contributed by atoms with Gasteiger partial charge in [0.05, 0.1) is 0 Å². The van der Waals surface area contributed by atoms with Gasteiger partial charge < -0.3 is 0 Å². The highest BCUT2D eigenvalue weighted by Crippen LogP contribution is 2.60. The van der Waals surface area contributed by atoms with Gasteiger partial charge in [0.15, 0.2) is 0 Å². The molecule has 2 rings (SSSR count). The molecule has 2 aliphatic carbocycles. The van der Waals surface area contributed by atoms with E-state index in [0.29, 0.717) is 10.6 Å². The molecule has 0 aromatic rings. The van der Waals surface area contributed by atoms with Gasteiger partial charge in [0, 0.05) is 5.70 Å². The Hall–Kier alpha value is -0.560. The lowest BCUT2D eigenvalue weighted by molar-refractivity contribution is 0.599. The van der Waals surface area contributed by atoms with E-state index < -0.39 is 0 Å². The van der Waals surface area contributed by atoms with Gasteiger partial charge in [0.25, 0.3) is 0 Å². The summed E-state index contributed by atoms with van der Waals surface area (Å²) in [5.74, 6) is 0. The minimum Gasteiger partial charge on any atom is -0.242 e. The monoisotopic (exact) mass is 209 g/mol. The second-order valence-corrected chi connectivity index (χ2v) is 4.88. The van der Waals surface area contributed by atoms with Crippen molar-refractivity contribution in [3.8, 4) is 0 Å². The van der Waals surface area contributed by atoms with E-state index in [1.807, 2.05) is 6.92 Å². The van der Waals surface area contributed by atoms with Crippen molar-refractivity contribution in [2.75, 3.05) is 0 Å². The van der Waals surface area contributed by atoms with E-state index in [2.05, 4.69) is 18.5 Å². The van der Waals surface area contributed by atoms with Crippen LogP contribution in [0.4, 0.5) is 0 Å². The van der Waals surface area contributed by atoms with Crippen molar-refractivity contribution in [1.82, 2.24) is 0 Å². The van der Waals surface area contributed by atoms with Crippen molar-refractivity contribution < 1.29 is 0 Å². The maximum atomic E-state index is 6.16. The number of halogens is 1. The third-order valence-corrected chi connectivity index (χ3v) is 3.81. The standard InChI is InChI=1S/C12H16ClN/c1-8(2)14-11(13)10-4-5-12(6-7-12)9(10)3/h1,4-7H2,2-3H3. The van der Waals surface area contributed by atoms with E-state index in [9.17, 15) is 0 Å². The van der Waals surface area contributed by atoms with Crippen molar-refractivity contribution in [2.45, 2.75) is 39.5 Å². The van der Waals surface area contributed by atoms with Crippen molar-refractivity contribution >= 4 is 16.8 Å². The highest BCUT2D eigenvalue weighted by molar-refractivity contribution is 6.69. The molecule has 0 aliphatic heterocycles. The molecule has 76 valence electrons. The third-order valence-electron chi connectivity index (χ3n) is 3.49. The van der Waals surface area contributed by atoms with Crippen LogP contribution in [-0.2, 0) is 0 Å². The van der Waals surface area contributed by atoms with Crippen LogP contribution < -0.4 is 0 Å². The zero-order chi connectivity index (χ0) is 10.3. The highest BCUT2D eigenvalue weighted by Gasteiger charge is 2.48. The molecule has 14 heavy (non-hydrogen) atoms. The lowest BCUT2D eigenvalue weighted by Crippen LogP contribution is -1.97. The summed E-state index contributed by atoms with van der Waals surface area (Å²) >= 11 is 6.16. The van der Waals surface area contributed by atoms with Gasteiger partial charge in [0.1, 0.15) is 5.17 Å². The lowest BCUT2D eigenvalue weighted by Gasteiger charge is -2.06. The summed E-state index contributed by atoms with van der Waals surface area (Å²) in [4.78, 5) is 4.23. The summed E-state index contributed by atoms with van der Waals surface area (Å²) in [5.41, 5.74) is 4.06. The Morgan fingerprint density at radius 2 is 2.07 bits per heavy atom. The van der Waals surface area contributed by atoms with Crippen molar-refractivity contribution in [3.05, 3.63) is 23.4 Å². The molecule has 0 saturated heterocycles. The number of nitrogens with zero attached hydrogens (tertiary/aromatic N) is 1. The molecule has 0 heterocycles. The zero-order valence-corrected chi connectivity index (χ0v) is 9.62. The molecule has 1 nitrogen and oxygen atoms in total. The van der Waals surface area contributed by atoms with Gasteiger partial charge in [-0.1, -0.05) is 23.8 Å². The van der Waals surface area contributed by atoms with Crippen LogP contribution in [0.3, 0.4) is 0 Å². The average molecular weight is 210 g/mol. The van der Waals surface area contributed by atoms with Gasteiger partial charge in [-0.05, 0) is 50.5 Å². The molecule has 0 radical (unpaired) electrons. The van der Waals surface area contributed by atoms with E-state index in [0.717, 1.165) is 12.1 Å². The number of allylic oxidation sites excluding steroid dienone is 3. The van der Waals surface area contributed by atoms with Gasteiger partial charge in [-0.3, -0.25) is 0 Å². The van der Waals surface area contributed by atoms with Crippen molar-refractivity contribution in [3.63, 3.8) is 0 Å². The second kappa shape index (κ2) is 3.23. The average Bonchev–Trinajstić information content (AvgIpc) is 2.76. The number of aliphatic imine (C=N–C) groups is 1. The van der Waals surface area contributed by atoms with Crippen LogP contribution in [0.15, 0.2) is 28.4 Å². The first-order valence-electron chi connectivity index (χ1n) is 5.15. The maximum absolute atomic E-state index is 6.16. The Labute approximate surface area is 90.6 Å². The molecule has 0 aromatic heterocycles. The molecule has 0 bridgehead atoms. The Balaban J connectivity index is 2.27.